The minimum atomic E-state index is -0.588. The average Bonchev–Trinajstić information content (AvgIpc) is 3.41. The van der Waals surface area contributed by atoms with Crippen LogP contribution in [0.2, 0.25) is 0 Å². The van der Waals surface area contributed by atoms with Gasteiger partial charge in [0.15, 0.2) is 5.76 Å². The molecule has 2 fully saturated rings. The molecule has 184 valence electrons. The first-order valence-electron chi connectivity index (χ1n) is 12.0. The Bertz CT molecular complexity index is 971. The number of amides is 2. The van der Waals surface area contributed by atoms with Gasteiger partial charge in [-0.1, -0.05) is 0 Å². The van der Waals surface area contributed by atoms with Crippen molar-refractivity contribution in [1.82, 2.24) is 4.90 Å². The summed E-state index contributed by atoms with van der Waals surface area (Å²) in [5.74, 6) is 0.966. The van der Waals surface area contributed by atoms with E-state index in [9.17, 15) is 9.59 Å². The van der Waals surface area contributed by atoms with Gasteiger partial charge in [-0.15, -0.1) is 0 Å². The van der Waals surface area contributed by atoms with Crippen molar-refractivity contribution in [1.29, 1.82) is 0 Å². The molecule has 1 N–H and O–H groups in total. The van der Waals surface area contributed by atoms with Crippen LogP contribution in [-0.2, 0) is 9.53 Å². The number of rotatable bonds is 8. The van der Waals surface area contributed by atoms with Gasteiger partial charge in [0.25, 0.3) is 5.91 Å². The minimum absolute atomic E-state index is 0.239. The number of ether oxygens (including phenoxy) is 3. The predicted octanol–water partition coefficient (Wildman–Crippen LogP) is 3.55. The first kappa shape index (κ1) is 23.9. The van der Waals surface area contributed by atoms with E-state index in [2.05, 4.69) is 10.2 Å². The molecule has 0 spiro atoms. The molecular weight excluding hydrogens is 438 g/mol. The molecule has 0 bridgehead atoms. The number of benzene rings is 1. The molecule has 1 aromatic heterocycles. The summed E-state index contributed by atoms with van der Waals surface area (Å²) < 4.78 is 22.6. The number of furan rings is 1. The highest BCUT2D eigenvalue weighted by Crippen LogP contribution is 2.39. The molecule has 2 aliphatic heterocycles. The third kappa shape index (κ3) is 5.30. The van der Waals surface area contributed by atoms with Crippen LogP contribution in [0, 0.1) is 0 Å². The average molecular weight is 472 g/mol. The molecule has 9 nitrogen and oxygen atoms in total. The van der Waals surface area contributed by atoms with Gasteiger partial charge in [-0.05, 0) is 45.2 Å². The van der Waals surface area contributed by atoms with Crippen LogP contribution in [0.5, 0.6) is 11.5 Å². The second kappa shape index (κ2) is 11.3. The zero-order chi connectivity index (χ0) is 23.9. The van der Waals surface area contributed by atoms with Crippen LogP contribution in [0.3, 0.4) is 0 Å². The van der Waals surface area contributed by atoms with Gasteiger partial charge in [-0.3, -0.25) is 9.59 Å². The number of nitrogens with one attached hydrogen (secondary N) is 1. The largest absolute Gasteiger partial charge is 0.492 e. The Hall–Kier alpha value is -3.20. The topological polar surface area (TPSA) is 93.5 Å². The van der Waals surface area contributed by atoms with E-state index < -0.39 is 6.04 Å². The summed E-state index contributed by atoms with van der Waals surface area (Å²) in [6.45, 7) is 8.09. The monoisotopic (exact) mass is 471 g/mol. The van der Waals surface area contributed by atoms with E-state index in [1.165, 1.54) is 6.26 Å². The number of likely N-dealkylation sites (tertiary alicyclic amines) is 1. The van der Waals surface area contributed by atoms with E-state index in [-0.39, 0.29) is 17.6 Å². The van der Waals surface area contributed by atoms with Crippen LogP contribution in [0.4, 0.5) is 11.4 Å². The number of morpholine rings is 1. The van der Waals surface area contributed by atoms with Crippen molar-refractivity contribution in [3.05, 3.63) is 36.3 Å². The Kier molecular flexibility index (Phi) is 7.95. The van der Waals surface area contributed by atoms with E-state index in [0.717, 1.165) is 31.6 Å². The zero-order valence-corrected chi connectivity index (χ0v) is 19.9. The van der Waals surface area contributed by atoms with Gasteiger partial charge in [0, 0.05) is 31.8 Å². The van der Waals surface area contributed by atoms with Gasteiger partial charge in [0.05, 0.1) is 44.1 Å². The molecule has 1 unspecified atom stereocenters. The normalized spacial score (nSPS) is 18.5. The van der Waals surface area contributed by atoms with Crippen molar-refractivity contribution >= 4 is 23.2 Å². The maximum absolute atomic E-state index is 13.4. The molecule has 2 aromatic rings. The van der Waals surface area contributed by atoms with Crippen LogP contribution >= 0.6 is 0 Å². The molecule has 3 heterocycles. The third-order valence-electron chi connectivity index (χ3n) is 6.07. The quantitative estimate of drug-likeness (QED) is 0.629. The summed E-state index contributed by atoms with van der Waals surface area (Å²) in [7, 11) is 0. The number of hydrogen-bond donors (Lipinski definition) is 1. The lowest BCUT2D eigenvalue weighted by molar-refractivity contribution is -0.121. The predicted molar refractivity (Wildman–Crippen MR) is 128 cm³/mol. The molecule has 9 heteroatoms. The fraction of sp³-hybridized carbons (Fsp3) is 0.520. The Balaban J connectivity index is 1.60. The molecule has 0 radical (unpaired) electrons. The highest BCUT2D eigenvalue weighted by atomic mass is 16.5. The lowest BCUT2D eigenvalue weighted by Gasteiger charge is -2.34. The highest BCUT2D eigenvalue weighted by molar-refractivity contribution is 6.01. The summed E-state index contributed by atoms with van der Waals surface area (Å²) in [4.78, 5) is 30.2. The SMILES string of the molecule is CCOc1cc(N2CCOCC2)c(OCC)cc1NC(=O)C1CCCCN1C(=O)c1ccco1. The lowest BCUT2D eigenvalue weighted by Crippen LogP contribution is -2.50. The summed E-state index contributed by atoms with van der Waals surface area (Å²) in [6, 6.07) is 6.44. The Morgan fingerprint density at radius 3 is 2.53 bits per heavy atom. The molecule has 1 aromatic carbocycles. The molecule has 4 rings (SSSR count). The second-order valence-corrected chi connectivity index (χ2v) is 8.26. The minimum Gasteiger partial charge on any atom is -0.492 e. The Labute approximate surface area is 199 Å². The van der Waals surface area contributed by atoms with Gasteiger partial charge in [0.1, 0.15) is 17.5 Å². The molecule has 1 atom stereocenters. The van der Waals surface area contributed by atoms with E-state index in [1.807, 2.05) is 26.0 Å². The van der Waals surface area contributed by atoms with Crippen LogP contribution in [-0.4, -0.2) is 68.8 Å². The maximum Gasteiger partial charge on any atom is 0.290 e. The number of carbonyl (C=O) groups is 2. The Morgan fingerprint density at radius 1 is 1.06 bits per heavy atom. The van der Waals surface area contributed by atoms with Crippen molar-refractivity contribution in [2.75, 3.05) is 56.3 Å². The fourth-order valence-electron chi connectivity index (χ4n) is 4.45. The van der Waals surface area contributed by atoms with Crippen molar-refractivity contribution in [3.8, 4) is 11.5 Å². The molecule has 2 saturated heterocycles. The highest BCUT2D eigenvalue weighted by Gasteiger charge is 2.34. The number of carbonyl (C=O) groups excluding carboxylic acids is 2. The number of piperidine rings is 1. The van der Waals surface area contributed by atoms with E-state index in [4.69, 9.17) is 18.6 Å². The third-order valence-corrected chi connectivity index (χ3v) is 6.07. The molecule has 2 amide bonds. The summed E-state index contributed by atoms with van der Waals surface area (Å²) in [5, 5.41) is 3.01. The fourth-order valence-corrected chi connectivity index (χ4v) is 4.45. The number of anilines is 2. The molecule has 0 saturated carbocycles. The van der Waals surface area contributed by atoms with Gasteiger partial charge >= 0.3 is 0 Å². The van der Waals surface area contributed by atoms with Gasteiger partial charge in [0.2, 0.25) is 5.91 Å². The van der Waals surface area contributed by atoms with E-state index in [0.29, 0.717) is 56.6 Å². The smallest absolute Gasteiger partial charge is 0.290 e. The summed E-state index contributed by atoms with van der Waals surface area (Å²) >= 11 is 0. The second-order valence-electron chi connectivity index (χ2n) is 8.26. The zero-order valence-electron chi connectivity index (χ0n) is 19.9. The number of hydrogen-bond acceptors (Lipinski definition) is 7. The molecular formula is C25H33N3O6. The van der Waals surface area contributed by atoms with Crippen molar-refractivity contribution < 1.29 is 28.2 Å². The van der Waals surface area contributed by atoms with Crippen LogP contribution in [0.25, 0.3) is 0 Å². The number of nitrogens with zero attached hydrogens (tertiary/aromatic N) is 2. The first-order valence-corrected chi connectivity index (χ1v) is 12.0. The molecule has 0 aliphatic carbocycles. The van der Waals surface area contributed by atoms with Crippen LogP contribution in [0.1, 0.15) is 43.7 Å². The first-order chi connectivity index (χ1) is 16.6. The summed E-state index contributed by atoms with van der Waals surface area (Å²) in [6.07, 6.45) is 3.78. The van der Waals surface area contributed by atoms with Gasteiger partial charge < -0.3 is 33.7 Å². The van der Waals surface area contributed by atoms with Crippen molar-refractivity contribution in [2.45, 2.75) is 39.2 Å². The standard InChI is InChI=1S/C25H33N3O6/c1-3-32-22-17-20(27-11-14-31-15-12-27)23(33-4-2)16-18(22)26-24(29)19-8-5-6-10-28(19)25(30)21-9-7-13-34-21/h7,9,13,16-17,19H,3-6,8,10-12,14-15H2,1-2H3,(H,26,29). The molecule has 2 aliphatic rings. The maximum atomic E-state index is 13.4. The Morgan fingerprint density at radius 2 is 1.82 bits per heavy atom. The summed E-state index contributed by atoms with van der Waals surface area (Å²) in [5.41, 5.74) is 1.45. The van der Waals surface area contributed by atoms with Crippen LogP contribution in [0.15, 0.2) is 34.9 Å². The van der Waals surface area contributed by atoms with E-state index >= 15 is 0 Å². The van der Waals surface area contributed by atoms with Crippen LogP contribution < -0.4 is 19.7 Å². The lowest BCUT2D eigenvalue weighted by atomic mass is 10.0. The van der Waals surface area contributed by atoms with Gasteiger partial charge in [-0.2, -0.15) is 0 Å². The van der Waals surface area contributed by atoms with Crippen molar-refractivity contribution in [2.24, 2.45) is 0 Å². The van der Waals surface area contributed by atoms with E-state index in [1.54, 1.807) is 17.0 Å². The van der Waals surface area contributed by atoms with Gasteiger partial charge in [-0.25, -0.2) is 0 Å². The van der Waals surface area contributed by atoms with Crippen molar-refractivity contribution in [3.63, 3.8) is 0 Å². The molecule has 34 heavy (non-hydrogen) atoms.